The van der Waals surface area contributed by atoms with Gasteiger partial charge in [-0.15, -0.1) is 0 Å². The Balaban J connectivity index is 1.76. The van der Waals surface area contributed by atoms with Crippen molar-refractivity contribution in [1.29, 1.82) is 0 Å². The van der Waals surface area contributed by atoms with E-state index >= 15 is 0 Å². The lowest BCUT2D eigenvalue weighted by atomic mass is 9.89. The number of hydrogen-bond donors (Lipinski definition) is 2. The Hall–Kier alpha value is -3.40. The minimum absolute atomic E-state index is 0.00440. The maximum Gasteiger partial charge on any atom is 0.333 e. The third kappa shape index (κ3) is 8.84. The van der Waals surface area contributed by atoms with Gasteiger partial charge in [-0.2, -0.15) is 8.42 Å². The topological polar surface area (TPSA) is 196 Å². The largest absolute Gasteiger partial charge is 0.459 e. The molecule has 0 aliphatic carbocycles. The van der Waals surface area contributed by atoms with Crippen LogP contribution in [0.1, 0.15) is 65.8 Å². The van der Waals surface area contributed by atoms with E-state index in [2.05, 4.69) is 26.1 Å². The molecule has 1 saturated heterocycles. The van der Waals surface area contributed by atoms with Gasteiger partial charge in [-0.3, -0.25) is 18.7 Å². The average Bonchev–Trinajstić information content (AvgIpc) is 3.47. The lowest BCUT2D eigenvalue weighted by Crippen LogP contribution is -2.59. The molecule has 1 aromatic heterocycles. The zero-order valence-corrected chi connectivity index (χ0v) is 36.2. The number of nitrogens with one attached hydrogen (secondary N) is 1. The summed E-state index contributed by atoms with van der Waals surface area (Å²) >= 11 is 0. The van der Waals surface area contributed by atoms with E-state index in [4.69, 9.17) is 28.2 Å². The Morgan fingerprint density at radius 3 is 2.15 bits per heavy atom. The fraction of sp³-hybridized carbons (Fsp3) is 0.611. The number of ether oxygens (including phenoxy) is 2. The van der Waals surface area contributed by atoms with E-state index in [1.807, 2.05) is 53.0 Å². The van der Waals surface area contributed by atoms with Gasteiger partial charge in [-0.25, -0.2) is 13.8 Å². The molecule has 1 amide bonds. The van der Waals surface area contributed by atoms with Crippen LogP contribution in [0.2, 0.25) is 36.3 Å². The Morgan fingerprint density at radius 2 is 1.61 bits per heavy atom. The van der Waals surface area contributed by atoms with Crippen LogP contribution in [-0.4, -0.2) is 76.5 Å². The highest BCUT2D eigenvalue weighted by molar-refractivity contribution is 7.90. The van der Waals surface area contributed by atoms with E-state index < -0.39 is 91.5 Å². The van der Waals surface area contributed by atoms with Gasteiger partial charge in [-0.05, 0) is 55.7 Å². The molecular weight excluding hydrogens is 753 g/mol. The lowest BCUT2D eigenvalue weighted by molar-refractivity contribution is -0.148. The third-order valence-electron chi connectivity index (χ3n) is 11.0. The van der Waals surface area contributed by atoms with Gasteiger partial charge in [-0.1, -0.05) is 71.9 Å². The quantitative estimate of drug-likeness (QED) is 0.179. The van der Waals surface area contributed by atoms with Gasteiger partial charge in [0.1, 0.15) is 31.4 Å². The molecule has 0 radical (unpaired) electrons. The molecule has 1 unspecified atom stereocenters. The first-order chi connectivity index (χ1) is 24.6. The predicted octanol–water partition coefficient (Wildman–Crippen LogP) is 3.78. The number of aryl methyl sites for hydroxylation is 1. The van der Waals surface area contributed by atoms with Crippen molar-refractivity contribution in [2.24, 2.45) is 5.73 Å². The Labute approximate surface area is 319 Å². The molecule has 3 heterocycles. The van der Waals surface area contributed by atoms with Crippen LogP contribution < -0.4 is 22.3 Å². The average molecular weight is 809 g/mol. The second-order valence-corrected chi connectivity index (χ2v) is 28.1. The molecule has 1 aromatic carbocycles. The minimum atomic E-state index is -4.33. The molecule has 54 heavy (non-hydrogen) atoms. The summed E-state index contributed by atoms with van der Waals surface area (Å²) in [6.45, 7) is 22.1. The highest BCUT2D eigenvalue weighted by Crippen LogP contribution is 2.52. The van der Waals surface area contributed by atoms with Crippen LogP contribution in [-0.2, 0) is 55.4 Å². The van der Waals surface area contributed by atoms with Gasteiger partial charge < -0.3 is 29.4 Å². The van der Waals surface area contributed by atoms with Gasteiger partial charge in [0.15, 0.2) is 28.5 Å². The zero-order chi connectivity index (χ0) is 40.8. The lowest BCUT2D eigenvalue weighted by Gasteiger charge is -2.43. The Morgan fingerprint density at radius 1 is 1.02 bits per heavy atom. The van der Waals surface area contributed by atoms with Crippen molar-refractivity contribution < 1.29 is 40.5 Å². The van der Waals surface area contributed by atoms with Crippen molar-refractivity contribution in [3.05, 3.63) is 79.6 Å². The monoisotopic (exact) mass is 808 g/mol. The van der Waals surface area contributed by atoms with Crippen LogP contribution in [0.4, 0.5) is 0 Å². The molecule has 5 atom stereocenters. The molecular formula is C36H56N4O11SSi2. The number of carbonyl (C=O) groups excluding carboxylic acids is 2. The van der Waals surface area contributed by atoms with Crippen molar-refractivity contribution >= 4 is 38.6 Å². The van der Waals surface area contributed by atoms with Gasteiger partial charge in [0.05, 0.1) is 17.7 Å². The van der Waals surface area contributed by atoms with E-state index in [0.29, 0.717) is 0 Å². The number of benzene rings is 1. The summed E-state index contributed by atoms with van der Waals surface area (Å²) in [7, 11) is -9.63. The smallest absolute Gasteiger partial charge is 0.333 e. The van der Waals surface area contributed by atoms with Crippen molar-refractivity contribution in [2.75, 3.05) is 6.61 Å². The summed E-state index contributed by atoms with van der Waals surface area (Å²) in [5.41, 5.74) is 3.59. The highest BCUT2D eigenvalue weighted by atomic mass is 32.2. The van der Waals surface area contributed by atoms with Crippen LogP contribution in [0, 0.1) is 6.92 Å². The summed E-state index contributed by atoms with van der Waals surface area (Å²) in [4.78, 5) is 53.7. The van der Waals surface area contributed by atoms with Crippen molar-refractivity contribution in [3.63, 3.8) is 0 Å². The molecule has 18 heteroatoms. The number of nitrogens with two attached hydrogens (primary N) is 1. The zero-order valence-electron chi connectivity index (χ0n) is 33.3. The van der Waals surface area contributed by atoms with Crippen LogP contribution in [0.25, 0.3) is 0 Å². The number of hydrogen-bond acceptors (Lipinski definition) is 12. The first-order valence-electron chi connectivity index (χ1n) is 17.9. The second-order valence-electron chi connectivity index (χ2n) is 17.1. The standard InChI is InChI=1S/C36H56N4O11SSi2/c1-23-18-40(33(44)39(30(23)42)19-28(41)38-24(2)32(43)47-20-25-16-14-13-15-17-25)31-29(50-54(11,12)35(6,7)8)36(26(37)22-52(45,46)51-36)27(49-31)21-48-53(9,10)34(3,4)5/h13-18,22,24,27,29,31H,19-21,37H2,1-12H3,(H,38,41)/t24-,27+,29-,31+,36?/m0/s1. The van der Waals surface area contributed by atoms with Gasteiger partial charge in [0.25, 0.3) is 15.7 Å². The van der Waals surface area contributed by atoms with E-state index in [0.717, 1.165) is 20.1 Å². The number of nitrogens with zero attached hydrogens (tertiary/aromatic N) is 2. The molecule has 2 aliphatic heterocycles. The molecule has 300 valence electrons. The molecule has 2 aromatic rings. The summed E-state index contributed by atoms with van der Waals surface area (Å²) in [6.07, 6.45) is -2.61. The Kier molecular flexibility index (Phi) is 12.3. The number of esters is 1. The molecule has 4 rings (SSSR count). The van der Waals surface area contributed by atoms with Crippen LogP contribution in [0.3, 0.4) is 0 Å². The van der Waals surface area contributed by atoms with Gasteiger partial charge in [0, 0.05) is 11.8 Å². The summed E-state index contributed by atoms with van der Waals surface area (Å²) in [5.74, 6) is -1.51. The van der Waals surface area contributed by atoms with E-state index in [9.17, 15) is 27.6 Å². The molecule has 0 saturated carbocycles. The first-order valence-corrected chi connectivity index (χ1v) is 25.2. The van der Waals surface area contributed by atoms with Crippen molar-refractivity contribution in [3.8, 4) is 0 Å². The fourth-order valence-electron chi connectivity index (χ4n) is 5.64. The normalized spacial score (nSPS) is 23.6. The highest BCUT2D eigenvalue weighted by Gasteiger charge is 2.67. The maximum absolute atomic E-state index is 14.3. The molecule has 3 N–H and O–H groups in total. The minimum Gasteiger partial charge on any atom is -0.459 e. The van der Waals surface area contributed by atoms with E-state index in [1.165, 1.54) is 20.0 Å². The number of rotatable bonds is 12. The summed E-state index contributed by atoms with van der Waals surface area (Å²) < 4.78 is 59.4. The van der Waals surface area contributed by atoms with Crippen LogP contribution in [0.15, 0.2) is 57.2 Å². The maximum atomic E-state index is 14.3. The van der Waals surface area contributed by atoms with Crippen molar-refractivity contribution in [1.82, 2.24) is 14.5 Å². The van der Waals surface area contributed by atoms with Gasteiger partial charge >= 0.3 is 11.7 Å². The third-order valence-corrected chi connectivity index (χ3v) is 21.0. The first kappa shape index (κ1) is 43.3. The molecule has 1 spiro atoms. The van der Waals surface area contributed by atoms with Crippen LogP contribution in [0.5, 0.6) is 0 Å². The van der Waals surface area contributed by atoms with E-state index in [-0.39, 0.29) is 29.5 Å². The number of carbonyl (C=O) groups is 2. The second kappa shape index (κ2) is 15.3. The summed E-state index contributed by atoms with van der Waals surface area (Å²) in [5, 5.41) is 2.69. The predicted molar refractivity (Wildman–Crippen MR) is 208 cm³/mol. The Bertz CT molecular complexity index is 2000. The molecule has 15 nitrogen and oxygen atoms in total. The fourth-order valence-corrected chi connectivity index (χ4v) is 9.14. The van der Waals surface area contributed by atoms with E-state index in [1.54, 1.807) is 24.3 Å². The molecule has 0 bridgehead atoms. The molecule has 2 aliphatic rings. The number of amides is 1. The SMILES string of the molecule is Cc1cn([C@@H]2O[C@H](CO[Si](C)(C)C(C)(C)C)C3(OS(=O)(=O)C=C3N)[C@H]2O[Si](C)(C)C(C)(C)C)c(=O)n(CC(=O)N[C@@H](C)C(=O)OCc2ccccc2)c1=O. The van der Waals surface area contributed by atoms with Gasteiger partial charge in [0.2, 0.25) is 5.91 Å². The molecule has 1 fully saturated rings. The number of aromatic nitrogens is 2. The summed E-state index contributed by atoms with van der Waals surface area (Å²) in [6, 6.07) is 7.91. The van der Waals surface area contributed by atoms with Crippen LogP contribution >= 0.6 is 0 Å². The van der Waals surface area contributed by atoms with Crippen molar-refractivity contribution in [2.45, 2.75) is 135 Å².